The van der Waals surface area contributed by atoms with E-state index in [2.05, 4.69) is 44.0 Å². The Bertz CT molecular complexity index is 931. The third kappa shape index (κ3) is 3.42. The van der Waals surface area contributed by atoms with E-state index in [1.165, 1.54) is 21.1 Å². The fourth-order valence-electron chi connectivity index (χ4n) is 4.00. The van der Waals surface area contributed by atoms with E-state index in [0.29, 0.717) is 13.1 Å². The second-order valence-corrected chi connectivity index (χ2v) is 7.96. The highest BCUT2D eigenvalue weighted by atomic mass is 32.1. The molecule has 2 aliphatic heterocycles. The van der Waals surface area contributed by atoms with E-state index in [4.69, 9.17) is 12.2 Å². The first-order valence-electron chi connectivity index (χ1n) is 9.85. The molecule has 2 aliphatic rings. The molecule has 0 aliphatic carbocycles. The molecule has 0 saturated carbocycles. The first kappa shape index (κ1) is 21.0. The number of allylic oxidation sites excluding steroid dienone is 5. The molecular weight excluding hydrogens is 382 g/mol. The summed E-state index contributed by atoms with van der Waals surface area (Å²) in [6.45, 7) is 8.96. The molecule has 1 aromatic rings. The summed E-state index contributed by atoms with van der Waals surface area (Å²) in [5, 5.41) is 0.278. The van der Waals surface area contributed by atoms with Crippen molar-refractivity contribution in [1.29, 1.82) is 0 Å². The van der Waals surface area contributed by atoms with Gasteiger partial charge in [0.2, 0.25) is 0 Å². The van der Waals surface area contributed by atoms with Gasteiger partial charge in [0.15, 0.2) is 5.11 Å². The van der Waals surface area contributed by atoms with Crippen molar-refractivity contribution in [3.63, 3.8) is 0 Å². The van der Waals surface area contributed by atoms with Gasteiger partial charge in [-0.15, -0.1) is 0 Å². The summed E-state index contributed by atoms with van der Waals surface area (Å²) >= 11 is 5.28. The average Bonchev–Trinajstić information content (AvgIpc) is 2.88. The summed E-state index contributed by atoms with van der Waals surface area (Å²) in [6, 6.07) is 8.36. The molecule has 5 nitrogen and oxygen atoms in total. The van der Waals surface area contributed by atoms with E-state index in [1.807, 2.05) is 32.1 Å². The second kappa shape index (κ2) is 7.95. The number of hydrogen-bond donors (Lipinski definition) is 0. The molecule has 0 radical (unpaired) electrons. The Morgan fingerprint density at radius 1 is 0.966 bits per heavy atom. The van der Waals surface area contributed by atoms with E-state index in [0.717, 1.165) is 5.70 Å². The first-order valence-corrected chi connectivity index (χ1v) is 10.3. The Labute approximate surface area is 178 Å². The molecule has 152 valence electrons. The van der Waals surface area contributed by atoms with Gasteiger partial charge in [-0.2, -0.15) is 0 Å². The van der Waals surface area contributed by atoms with Gasteiger partial charge in [0, 0.05) is 36.9 Å². The van der Waals surface area contributed by atoms with Gasteiger partial charge < -0.3 is 4.90 Å². The summed E-state index contributed by atoms with van der Waals surface area (Å²) in [4.78, 5) is 30.4. The predicted octanol–water partition coefficient (Wildman–Crippen LogP) is 3.78. The topological polar surface area (TPSA) is 43.9 Å². The highest BCUT2D eigenvalue weighted by molar-refractivity contribution is 7.80. The zero-order valence-electron chi connectivity index (χ0n) is 17.6. The highest BCUT2D eigenvalue weighted by Gasteiger charge is 2.38. The summed E-state index contributed by atoms with van der Waals surface area (Å²) in [7, 11) is 2.05. The van der Waals surface area contributed by atoms with Gasteiger partial charge in [-0.1, -0.05) is 44.2 Å². The normalized spacial score (nSPS) is 20.3. The molecule has 6 heteroatoms. The van der Waals surface area contributed by atoms with Crippen LogP contribution in [0.5, 0.6) is 0 Å². The predicted molar refractivity (Wildman–Crippen MR) is 121 cm³/mol. The van der Waals surface area contributed by atoms with E-state index in [9.17, 15) is 9.59 Å². The van der Waals surface area contributed by atoms with Gasteiger partial charge in [-0.3, -0.25) is 19.4 Å². The fraction of sp³-hybridized carbons (Fsp3) is 0.348. The van der Waals surface area contributed by atoms with Gasteiger partial charge >= 0.3 is 0 Å². The second-order valence-electron chi connectivity index (χ2n) is 7.60. The molecule has 1 saturated heterocycles. The van der Waals surface area contributed by atoms with Crippen LogP contribution in [0.4, 0.5) is 5.69 Å². The molecule has 29 heavy (non-hydrogen) atoms. The van der Waals surface area contributed by atoms with E-state index < -0.39 is 0 Å². The summed E-state index contributed by atoms with van der Waals surface area (Å²) in [5.74, 6) is -0.676. The molecule has 3 rings (SSSR count). The number of fused-ring (bicyclic) bond motifs is 1. The third-order valence-electron chi connectivity index (χ3n) is 5.61. The number of hydrogen-bond acceptors (Lipinski definition) is 4. The van der Waals surface area contributed by atoms with Gasteiger partial charge in [0.1, 0.15) is 5.57 Å². The smallest absolute Gasteiger partial charge is 0.265 e. The molecule has 0 bridgehead atoms. The first-order chi connectivity index (χ1) is 13.8. The minimum Gasteiger partial charge on any atom is -0.347 e. The number of nitrogens with zero attached hydrogens (tertiary/aromatic N) is 3. The number of benzene rings is 1. The van der Waals surface area contributed by atoms with E-state index in [1.54, 1.807) is 12.2 Å². The van der Waals surface area contributed by atoms with Crippen LogP contribution in [-0.2, 0) is 15.0 Å². The minimum absolute atomic E-state index is 0.122. The van der Waals surface area contributed by atoms with Crippen molar-refractivity contribution >= 4 is 34.8 Å². The zero-order valence-corrected chi connectivity index (χ0v) is 18.4. The van der Waals surface area contributed by atoms with Crippen LogP contribution >= 0.6 is 12.2 Å². The Balaban J connectivity index is 1.89. The summed E-state index contributed by atoms with van der Waals surface area (Å²) < 4.78 is 0. The van der Waals surface area contributed by atoms with Gasteiger partial charge in [0.05, 0.1) is 0 Å². The van der Waals surface area contributed by atoms with Crippen molar-refractivity contribution in [2.24, 2.45) is 0 Å². The number of amides is 2. The van der Waals surface area contributed by atoms with Crippen molar-refractivity contribution in [2.45, 2.75) is 33.1 Å². The number of anilines is 1. The van der Waals surface area contributed by atoms with Gasteiger partial charge in [0.25, 0.3) is 11.8 Å². The monoisotopic (exact) mass is 409 g/mol. The molecule has 0 atom stereocenters. The molecule has 0 N–H and O–H groups in total. The number of rotatable bonds is 4. The maximum atomic E-state index is 12.7. The minimum atomic E-state index is -0.338. The lowest BCUT2D eigenvalue weighted by molar-refractivity contribution is -0.133. The number of likely N-dealkylation sites (N-methyl/N-ethyl adjacent to an activating group) is 3. The van der Waals surface area contributed by atoms with E-state index in [-0.39, 0.29) is 27.9 Å². The Kier molecular flexibility index (Phi) is 5.75. The number of carbonyl (C=O) groups excluding carboxylic acids is 2. The largest absolute Gasteiger partial charge is 0.347 e. The lowest BCUT2D eigenvalue weighted by Crippen LogP contribution is -2.55. The van der Waals surface area contributed by atoms with Crippen LogP contribution in [0.2, 0.25) is 0 Å². The Hall–Kier alpha value is -2.73. The van der Waals surface area contributed by atoms with Crippen molar-refractivity contribution in [3.8, 4) is 0 Å². The van der Waals surface area contributed by atoms with Crippen LogP contribution in [0.3, 0.4) is 0 Å². The van der Waals surface area contributed by atoms with Crippen molar-refractivity contribution in [1.82, 2.24) is 9.80 Å². The molecule has 2 amide bonds. The lowest BCUT2D eigenvalue weighted by Gasteiger charge is -2.35. The molecule has 0 aromatic heterocycles. The van der Waals surface area contributed by atoms with E-state index >= 15 is 0 Å². The van der Waals surface area contributed by atoms with Crippen molar-refractivity contribution in [2.75, 3.05) is 25.0 Å². The van der Waals surface area contributed by atoms with Crippen molar-refractivity contribution < 1.29 is 9.59 Å². The maximum absolute atomic E-state index is 12.7. The Morgan fingerprint density at radius 2 is 1.52 bits per heavy atom. The standard InChI is InChI=1S/C23H27N3O2S/c1-6-25-20(27)16(21(28)26(7-2)22(25)29)12-8-11-15-19-23(3,4)17-13-9-10-14-18(17)24(19)5/h8-15H,6-7H2,1-5H3. The molecule has 0 unspecified atom stereocenters. The van der Waals surface area contributed by atoms with Gasteiger partial charge in [-0.25, -0.2) is 0 Å². The average molecular weight is 410 g/mol. The molecule has 1 fully saturated rings. The molecule has 0 spiro atoms. The number of para-hydroxylation sites is 1. The van der Waals surface area contributed by atoms with Crippen molar-refractivity contribution in [3.05, 3.63) is 65.4 Å². The van der Waals surface area contributed by atoms with Crippen LogP contribution < -0.4 is 4.90 Å². The van der Waals surface area contributed by atoms with Crippen LogP contribution in [0.1, 0.15) is 33.3 Å². The summed E-state index contributed by atoms with van der Waals surface area (Å²) in [6.07, 6.45) is 7.26. The molecule has 2 heterocycles. The zero-order chi connectivity index (χ0) is 21.3. The van der Waals surface area contributed by atoms with Crippen LogP contribution in [-0.4, -0.2) is 46.9 Å². The maximum Gasteiger partial charge on any atom is 0.265 e. The van der Waals surface area contributed by atoms with Crippen LogP contribution in [0.15, 0.2) is 59.8 Å². The highest BCUT2D eigenvalue weighted by Crippen LogP contribution is 2.46. The SMILES string of the molecule is CCN1C(=O)C(=CC=CC=C2N(C)c3ccccc3C2(C)C)C(=O)N(CC)C1=S. The molecular formula is C23H27N3O2S. The number of thiocarbonyl (C=S) groups is 1. The third-order valence-corrected chi connectivity index (χ3v) is 6.05. The lowest BCUT2D eigenvalue weighted by atomic mass is 9.84. The summed E-state index contributed by atoms with van der Waals surface area (Å²) in [5.41, 5.74) is 3.65. The molecule has 1 aromatic carbocycles. The van der Waals surface area contributed by atoms with Crippen LogP contribution in [0, 0.1) is 0 Å². The van der Waals surface area contributed by atoms with Gasteiger partial charge in [-0.05, 0) is 49.8 Å². The van der Waals surface area contributed by atoms with Crippen LogP contribution in [0.25, 0.3) is 0 Å². The Morgan fingerprint density at radius 3 is 2.07 bits per heavy atom. The quantitative estimate of drug-likeness (QED) is 0.431. The fourth-order valence-corrected chi connectivity index (χ4v) is 4.43. The number of carbonyl (C=O) groups is 2.